The lowest BCUT2D eigenvalue weighted by molar-refractivity contribution is 0.303. The molecule has 0 atom stereocenters. The first kappa shape index (κ1) is 16.1. The number of nitrogens with zero attached hydrogens (tertiary/aromatic N) is 1. The maximum atomic E-state index is 14.8. The van der Waals surface area contributed by atoms with Crippen LogP contribution in [0.1, 0.15) is 23.1 Å². The molecule has 0 unspecified atom stereocenters. The first-order valence-corrected chi connectivity index (χ1v) is 8.56. The van der Waals surface area contributed by atoms with E-state index in [0.717, 1.165) is 22.0 Å². The van der Waals surface area contributed by atoms with E-state index >= 15 is 0 Å². The third kappa shape index (κ3) is 2.78. The lowest BCUT2D eigenvalue weighted by Crippen LogP contribution is -2.10. The molecule has 3 nitrogen and oxygen atoms in total. The van der Waals surface area contributed by atoms with Crippen LogP contribution in [0.3, 0.4) is 0 Å². The Morgan fingerprint density at radius 2 is 2.12 bits per heavy atom. The SMILES string of the molecule is Fc1cc2c(c(F)c1OCCCl)CCC=C2c1ccc2[nH]ncc2c1. The van der Waals surface area contributed by atoms with Gasteiger partial charge in [0.15, 0.2) is 17.4 Å². The molecular formula is C19H15ClF2N2O. The predicted octanol–water partition coefficient (Wildman–Crippen LogP) is 4.84. The summed E-state index contributed by atoms with van der Waals surface area (Å²) < 4.78 is 34.3. The number of benzene rings is 2. The number of H-pyrrole nitrogens is 1. The summed E-state index contributed by atoms with van der Waals surface area (Å²) in [5.41, 5.74) is 3.70. The van der Waals surface area contributed by atoms with Gasteiger partial charge in [-0.3, -0.25) is 5.10 Å². The molecule has 128 valence electrons. The van der Waals surface area contributed by atoms with Crippen molar-refractivity contribution >= 4 is 28.1 Å². The molecule has 25 heavy (non-hydrogen) atoms. The molecule has 0 saturated heterocycles. The Kier molecular flexibility index (Phi) is 4.17. The van der Waals surface area contributed by atoms with Crippen LogP contribution < -0.4 is 4.74 Å². The number of alkyl halides is 1. The molecule has 2 aromatic carbocycles. The third-order valence-corrected chi connectivity index (χ3v) is 4.54. The summed E-state index contributed by atoms with van der Waals surface area (Å²) in [7, 11) is 0. The first-order valence-electron chi connectivity index (χ1n) is 8.02. The van der Waals surface area contributed by atoms with Crippen LogP contribution in [0.5, 0.6) is 5.75 Å². The average molecular weight is 361 g/mol. The Morgan fingerprint density at radius 3 is 2.96 bits per heavy atom. The fourth-order valence-electron chi connectivity index (χ4n) is 3.25. The smallest absolute Gasteiger partial charge is 0.191 e. The van der Waals surface area contributed by atoms with Crippen LogP contribution >= 0.6 is 11.6 Å². The lowest BCUT2D eigenvalue weighted by atomic mass is 9.86. The topological polar surface area (TPSA) is 37.9 Å². The summed E-state index contributed by atoms with van der Waals surface area (Å²) in [5, 5.41) is 7.86. The standard InChI is InChI=1S/C19H15ClF2N2O/c20-6-7-25-19-16(21)9-15-13(2-1-3-14(15)18(19)22)11-4-5-17-12(8-11)10-23-24-17/h2,4-5,8-10H,1,3,6-7H2,(H,23,24). The van der Waals surface area contributed by atoms with E-state index in [1.54, 1.807) is 6.20 Å². The van der Waals surface area contributed by atoms with Gasteiger partial charge in [0.2, 0.25) is 0 Å². The fourth-order valence-corrected chi connectivity index (χ4v) is 3.33. The summed E-state index contributed by atoms with van der Waals surface area (Å²) >= 11 is 5.55. The molecule has 3 aromatic rings. The largest absolute Gasteiger partial charge is 0.486 e. The van der Waals surface area contributed by atoms with Crippen LogP contribution in [0.4, 0.5) is 8.78 Å². The van der Waals surface area contributed by atoms with Crippen LogP contribution in [0.2, 0.25) is 0 Å². The number of aromatic amines is 1. The van der Waals surface area contributed by atoms with Gasteiger partial charge in [-0.1, -0.05) is 12.1 Å². The molecule has 0 amide bonds. The van der Waals surface area contributed by atoms with Crippen molar-refractivity contribution in [3.63, 3.8) is 0 Å². The van der Waals surface area contributed by atoms with Gasteiger partial charge >= 0.3 is 0 Å². The second-order valence-electron chi connectivity index (χ2n) is 5.89. The maximum absolute atomic E-state index is 14.8. The molecule has 4 rings (SSSR count). The van der Waals surface area contributed by atoms with Crippen molar-refractivity contribution in [3.05, 3.63) is 64.9 Å². The minimum atomic E-state index is -0.710. The number of nitrogens with one attached hydrogen (secondary N) is 1. The number of hydrogen-bond donors (Lipinski definition) is 1. The fraction of sp³-hybridized carbons (Fsp3) is 0.211. The zero-order valence-electron chi connectivity index (χ0n) is 13.3. The average Bonchev–Trinajstić information content (AvgIpc) is 3.09. The van der Waals surface area contributed by atoms with Gasteiger partial charge in [-0.05, 0) is 47.7 Å². The lowest BCUT2D eigenvalue weighted by Gasteiger charge is -2.21. The number of aromatic nitrogens is 2. The molecule has 0 fully saturated rings. The van der Waals surface area contributed by atoms with Crippen molar-refractivity contribution in [2.45, 2.75) is 12.8 Å². The zero-order chi connectivity index (χ0) is 17.4. The second-order valence-corrected chi connectivity index (χ2v) is 6.27. The van der Waals surface area contributed by atoms with E-state index in [4.69, 9.17) is 16.3 Å². The van der Waals surface area contributed by atoms with E-state index in [-0.39, 0.29) is 18.2 Å². The molecule has 0 bridgehead atoms. The summed E-state index contributed by atoms with van der Waals surface area (Å²) in [5.74, 6) is -1.51. The second kappa shape index (κ2) is 6.48. The normalized spacial score (nSPS) is 13.6. The summed E-state index contributed by atoms with van der Waals surface area (Å²) in [6, 6.07) is 7.16. The Balaban J connectivity index is 1.82. The van der Waals surface area contributed by atoms with Crippen molar-refractivity contribution in [1.82, 2.24) is 10.2 Å². The molecule has 1 aliphatic carbocycles. The van der Waals surface area contributed by atoms with Crippen molar-refractivity contribution < 1.29 is 13.5 Å². The maximum Gasteiger partial charge on any atom is 0.191 e. The number of halogens is 3. The first-order chi connectivity index (χ1) is 12.2. The highest BCUT2D eigenvalue weighted by Gasteiger charge is 2.24. The van der Waals surface area contributed by atoms with E-state index in [2.05, 4.69) is 10.2 Å². The van der Waals surface area contributed by atoms with Crippen molar-refractivity contribution in [3.8, 4) is 5.75 Å². The van der Waals surface area contributed by atoms with Crippen molar-refractivity contribution in [2.75, 3.05) is 12.5 Å². The van der Waals surface area contributed by atoms with Gasteiger partial charge in [-0.25, -0.2) is 8.78 Å². The molecular weight excluding hydrogens is 346 g/mol. The highest BCUT2D eigenvalue weighted by Crippen LogP contribution is 2.38. The molecule has 0 radical (unpaired) electrons. The summed E-state index contributed by atoms with van der Waals surface area (Å²) in [6.07, 6.45) is 4.94. The Morgan fingerprint density at radius 1 is 1.24 bits per heavy atom. The van der Waals surface area contributed by atoms with Crippen LogP contribution in [0, 0.1) is 11.6 Å². The van der Waals surface area contributed by atoms with Crippen molar-refractivity contribution in [2.24, 2.45) is 0 Å². The monoisotopic (exact) mass is 360 g/mol. The Hall–Kier alpha value is -2.40. The quantitative estimate of drug-likeness (QED) is 0.676. The van der Waals surface area contributed by atoms with Gasteiger partial charge in [0.05, 0.1) is 17.6 Å². The summed E-state index contributed by atoms with van der Waals surface area (Å²) in [4.78, 5) is 0. The molecule has 0 spiro atoms. The van der Waals surface area contributed by atoms with Gasteiger partial charge < -0.3 is 4.74 Å². The Labute approximate surface area is 148 Å². The van der Waals surface area contributed by atoms with Crippen LogP contribution in [-0.2, 0) is 6.42 Å². The number of hydrogen-bond acceptors (Lipinski definition) is 2. The summed E-state index contributed by atoms with van der Waals surface area (Å²) in [6.45, 7) is 0.0635. The van der Waals surface area contributed by atoms with E-state index in [9.17, 15) is 8.78 Å². The minimum absolute atomic E-state index is 0.0635. The Bertz CT molecular complexity index is 981. The molecule has 6 heteroatoms. The van der Waals surface area contributed by atoms with Gasteiger partial charge in [-0.2, -0.15) is 5.10 Å². The number of allylic oxidation sites excluding steroid dienone is 1. The van der Waals surface area contributed by atoms with Gasteiger partial charge in [-0.15, -0.1) is 11.6 Å². The molecule has 0 saturated carbocycles. The molecule has 1 N–H and O–H groups in total. The highest BCUT2D eigenvalue weighted by atomic mass is 35.5. The van der Waals surface area contributed by atoms with Crippen molar-refractivity contribution in [1.29, 1.82) is 0 Å². The van der Waals surface area contributed by atoms with E-state index in [1.807, 2.05) is 24.3 Å². The molecule has 1 aliphatic rings. The van der Waals surface area contributed by atoms with Gasteiger partial charge in [0.1, 0.15) is 6.61 Å². The van der Waals surface area contributed by atoms with E-state index < -0.39 is 11.6 Å². The number of ether oxygens (including phenoxy) is 1. The third-order valence-electron chi connectivity index (χ3n) is 4.39. The van der Waals surface area contributed by atoms with Gasteiger partial charge in [0, 0.05) is 10.9 Å². The van der Waals surface area contributed by atoms with Crippen LogP contribution in [-0.4, -0.2) is 22.7 Å². The molecule has 1 heterocycles. The highest BCUT2D eigenvalue weighted by molar-refractivity contribution is 6.18. The van der Waals surface area contributed by atoms with E-state index in [1.165, 1.54) is 6.07 Å². The van der Waals surface area contributed by atoms with E-state index in [0.29, 0.717) is 24.0 Å². The predicted molar refractivity (Wildman–Crippen MR) is 94.1 cm³/mol. The zero-order valence-corrected chi connectivity index (χ0v) is 14.0. The van der Waals surface area contributed by atoms with Crippen LogP contribution in [0.15, 0.2) is 36.5 Å². The number of rotatable bonds is 4. The van der Waals surface area contributed by atoms with Gasteiger partial charge in [0.25, 0.3) is 0 Å². The molecule has 0 aliphatic heterocycles. The van der Waals surface area contributed by atoms with Crippen LogP contribution in [0.25, 0.3) is 16.5 Å². The molecule has 1 aromatic heterocycles. The number of fused-ring (bicyclic) bond motifs is 2. The minimum Gasteiger partial charge on any atom is -0.486 e.